The van der Waals surface area contributed by atoms with Gasteiger partial charge in [0.25, 0.3) is 0 Å². The van der Waals surface area contributed by atoms with Crippen molar-refractivity contribution in [3.8, 4) is 11.4 Å². The van der Waals surface area contributed by atoms with Crippen LogP contribution in [0.4, 0.5) is 0 Å². The van der Waals surface area contributed by atoms with E-state index in [1.165, 1.54) is 26.3 Å². The topological polar surface area (TPSA) is 83.8 Å². The van der Waals surface area contributed by atoms with Gasteiger partial charge in [-0.2, -0.15) is 0 Å². The summed E-state index contributed by atoms with van der Waals surface area (Å²) in [5, 5.41) is 0. The van der Waals surface area contributed by atoms with Crippen LogP contribution >= 0.6 is 0 Å². The minimum absolute atomic E-state index is 0.0720. The predicted molar refractivity (Wildman–Crippen MR) is 115 cm³/mol. The first-order valence-electron chi connectivity index (χ1n) is 10.4. The van der Waals surface area contributed by atoms with Crippen LogP contribution in [-0.2, 0) is 25.5 Å². The van der Waals surface area contributed by atoms with Crippen molar-refractivity contribution in [3.05, 3.63) is 46.8 Å². The third kappa shape index (κ3) is 4.65. The van der Waals surface area contributed by atoms with Crippen molar-refractivity contribution in [1.82, 2.24) is 4.57 Å². The van der Waals surface area contributed by atoms with Gasteiger partial charge in [-0.25, -0.2) is 0 Å². The highest BCUT2D eigenvalue weighted by molar-refractivity contribution is 5.99. The summed E-state index contributed by atoms with van der Waals surface area (Å²) >= 11 is 0. The van der Waals surface area contributed by atoms with Gasteiger partial charge < -0.3 is 18.8 Å². The molecule has 2 heterocycles. The molecule has 0 radical (unpaired) electrons. The summed E-state index contributed by atoms with van der Waals surface area (Å²) in [6.07, 6.45) is -1.01. The van der Waals surface area contributed by atoms with Gasteiger partial charge in [-0.05, 0) is 37.5 Å². The summed E-state index contributed by atoms with van der Waals surface area (Å²) in [5.41, 5.74) is 4.10. The van der Waals surface area contributed by atoms with Crippen LogP contribution in [0.15, 0.2) is 24.3 Å². The van der Waals surface area contributed by atoms with E-state index in [1.54, 1.807) is 0 Å². The molecule has 0 unspecified atom stereocenters. The van der Waals surface area contributed by atoms with Gasteiger partial charge in [0.05, 0.1) is 11.3 Å². The van der Waals surface area contributed by atoms with E-state index in [0.717, 1.165) is 17.1 Å². The molecule has 1 aliphatic heterocycles. The van der Waals surface area contributed by atoms with Crippen molar-refractivity contribution in [1.29, 1.82) is 0 Å². The van der Waals surface area contributed by atoms with Crippen molar-refractivity contribution in [3.63, 3.8) is 0 Å². The van der Waals surface area contributed by atoms with Crippen molar-refractivity contribution >= 4 is 17.7 Å². The smallest absolute Gasteiger partial charge is 0.303 e. The number of hydrogen-bond donors (Lipinski definition) is 0. The number of Topliss-reactive ketones (excluding diaryl/α,β-unsaturated/α-hetero) is 1. The molecule has 0 N–H and O–H groups in total. The van der Waals surface area contributed by atoms with Crippen LogP contribution < -0.4 is 4.74 Å². The van der Waals surface area contributed by atoms with E-state index < -0.39 is 24.1 Å². The first-order valence-corrected chi connectivity index (χ1v) is 10.4. The number of fused-ring (bicyclic) bond motifs is 1. The molecule has 166 valence electrons. The maximum absolute atomic E-state index is 12.5. The summed E-state index contributed by atoms with van der Waals surface area (Å²) in [7, 11) is 0. The number of rotatable bonds is 6. The molecule has 31 heavy (non-hydrogen) atoms. The lowest BCUT2D eigenvalue weighted by Crippen LogP contribution is -2.44. The zero-order chi connectivity index (χ0) is 22.9. The van der Waals surface area contributed by atoms with Crippen LogP contribution in [0.5, 0.6) is 5.75 Å². The van der Waals surface area contributed by atoms with Gasteiger partial charge in [-0.1, -0.05) is 26.0 Å². The average Bonchev–Trinajstić information content (AvgIpc) is 2.96. The number of nitrogens with zero attached hydrogens (tertiary/aromatic N) is 1. The second kappa shape index (κ2) is 8.96. The highest BCUT2D eigenvalue weighted by Gasteiger charge is 2.39. The number of carbonyl (C=O) groups excluding carboxylic acids is 3. The monoisotopic (exact) mass is 427 g/mol. The van der Waals surface area contributed by atoms with Crippen molar-refractivity contribution in [2.75, 3.05) is 6.61 Å². The Balaban J connectivity index is 2.10. The number of benzene rings is 1. The molecule has 0 saturated carbocycles. The number of hydrogen-bond acceptors (Lipinski definition) is 6. The normalized spacial score (nSPS) is 17.6. The summed E-state index contributed by atoms with van der Waals surface area (Å²) < 4.78 is 18.7. The summed E-state index contributed by atoms with van der Waals surface area (Å²) in [4.78, 5) is 35.5. The van der Waals surface area contributed by atoms with E-state index in [9.17, 15) is 14.4 Å². The van der Waals surface area contributed by atoms with Gasteiger partial charge >= 0.3 is 11.9 Å². The highest BCUT2D eigenvalue weighted by Crippen LogP contribution is 2.39. The van der Waals surface area contributed by atoms with Gasteiger partial charge in [0.15, 0.2) is 17.6 Å². The number of ether oxygens (including phenoxy) is 3. The Labute approximate surface area is 182 Å². The number of esters is 2. The fourth-order valence-electron chi connectivity index (χ4n) is 4.03. The van der Waals surface area contributed by atoms with Gasteiger partial charge in [0.2, 0.25) is 0 Å². The molecule has 0 bridgehead atoms. The van der Waals surface area contributed by atoms with Crippen molar-refractivity contribution in [2.24, 2.45) is 0 Å². The lowest BCUT2D eigenvalue weighted by Gasteiger charge is -2.32. The van der Waals surface area contributed by atoms with Crippen LogP contribution in [0.25, 0.3) is 5.69 Å². The maximum atomic E-state index is 12.5. The molecule has 0 fully saturated rings. The van der Waals surface area contributed by atoms with Crippen LogP contribution in [0.3, 0.4) is 0 Å². The number of aromatic nitrogens is 1. The zero-order valence-electron chi connectivity index (χ0n) is 18.9. The predicted octanol–water partition coefficient (Wildman–Crippen LogP) is 3.91. The van der Waals surface area contributed by atoms with Gasteiger partial charge in [0, 0.05) is 31.6 Å². The van der Waals surface area contributed by atoms with E-state index in [0.29, 0.717) is 23.7 Å². The molecule has 1 aliphatic rings. The zero-order valence-corrected chi connectivity index (χ0v) is 18.9. The molecule has 1 aromatic carbocycles. The van der Waals surface area contributed by atoms with E-state index in [1.807, 2.05) is 23.6 Å². The Morgan fingerprint density at radius 3 is 2.26 bits per heavy atom. The molecule has 0 saturated heterocycles. The Morgan fingerprint density at radius 2 is 1.74 bits per heavy atom. The Morgan fingerprint density at radius 1 is 1.10 bits per heavy atom. The lowest BCUT2D eigenvalue weighted by molar-refractivity contribution is -0.157. The molecule has 2 aromatic rings. The molecule has 0 amide bonds. The number of ketones is 1. The van der Waals surface area contributed by atoms with Crippen molar-refractivity contribution < 1.29 is 28.6 Å². The third-order valence-electron chi connectivity index (χ3n) is 5.47. The Bertz CT molecular complexity index is 1000. The molecular formula is C24H29NO6. The SMILES string of the molecule is CC(=O)OC[C@H]1Oc2c(C(C)=O)c(C)n(-c3ccc(C(C)C)cc3)c2C[C@@H]1OC(C)=O. The van der Waals surface area contributed by atoms with E-state index in [2.05, 4.69) is 26.0 Å². The molecule has 0 spiro atoms. The van der Waals surface area contributed by atoms with E-state index in [4.69, 9.17) is 14.2 Å². The molecule has 7 heteroatoms. The molecule has 0 aliphatic carbocycles. The van der Waals surface area contributed by atoms with E-state index >= 15 is 0 Å². The Kier molecular flexibility index (Phi) is 6.53. The second-order valence-electron chi connectivity index (χ2n) is 8.18. The summed E-state index contributed by atoms with van der Waals surface area (Å²) in [6.45, 7) is 10.2. The largest absolute Gasteiger partial charge is 0.480 e. The van der Waals surface area contributed by atoms with E-state index in [-0.39, 0.29) is 12.4 Å². The second-order valence-corrected chi connectivity index (χ2v) is 8.18. The minimum atomic E-state index is -0.697. The standard InChI is InChI=1S/C24H29NO6/c1-13(2)18-7-9-19(10-8-18)25-14(3)23(15(4)26)24-20(25)11-21(30-17(6)28)22(31-24)12-29-16(5)27/h7-10,13,21-22H,11-12H2,1-6H3/t21-,22+/m0/s1. The molecule has 7 nitrogen and oxygen atoms in total. The third-order valence-corrected chi connectivity index (χ3v) is 5.47. The number of carbonyl (C=O) groups is 3. The maximum Gasteiger partial charge on any atom is 0.303 e. The molecule has 2 atom stereocenters. The molecule has 3 rings (SSSR count). The lowest BCUT2D eigenvalue weighted by atomic mass is 10.0. The van der Waals surface area contributed by atoms with Gasteiger partial charge in [0.1, 0.15) is 12.7 Å². The highest BCUT2D eigenvalue weighted by atomic mass is 16.6. The van der Waals surface area contributed by atoms with Gasteiger partial charge in [-0.15, -0.1) is 0 Å². The summed E-state index contributed by atoms with van der Waals surface area (Å²) in [5.74, 6) is -0.170. The first-order chi connectivity index (χ1) is 14.6. The molecular weight excluding hydrogens is 398 g/mol. The fraction of sp³-hybridized carbons (Fsp3) is 0.458. The molecule has 1 aromatic heterocycles. The summed E-state index contributed by atoms with van der Waals surface area (Å²) in [6, 6.07) is 8.16. The minimum Gasteiger partial charge on any atom is -0.480 e. The van der Waals surface area contributed by atoms with Gasteiger partial charge in [-0.3, -0.25) is 14.4 Å². The Hall–Kier alpha value is -3.09. The average molecular weight is 427 g/mol. The van der Waals surface area contributed by atoms with Crippen molar-refractivity contribution in [2.45, 2.75) is 66.1 Å². The van der Waals surface area contributed by atoms with Crippen LogP contribution in [-0.4, -0.2) is 41.1 Å². The van der Waals surface area contributed by atoms with Crippen LogP contribution in [0.1, 0.15) is 67.8 Å². The quantitative estimate of drug-likeness (QED) is 0.513. The van der Waals surface area contributed by atoms with Crippen LogP contribution in [0.2, 0.25) is 0 Å². The van der Waals surface area contributed by atoms with Crippen LogP contribution in [0, 0.1) is 6.92 Å². The first kappa shape index (κ1) is 22.6. The fourth-order valence-corrected chi connectivity index (χ4v) is 4.03.